The van der Waals surface area contributed by atoms with Gasteiger partial charge in [0.25, 0.3) is 0 Å². The second-order valence-electron chi connectivity index (χ2n) is 17.7. The van der Waals surface area contributed by atoms with Gasteiger partial charge in [-0.05, 0) is 63.6 Å². The lowest BCUT2D eigenvalue weighted by Crippen LogP contribution is -2.66. The topological polar surface area (TPSA) is 133 Å². The molecule has 5 aliphatic rings. The summed E-state index contributed by atoms with van der Waals surface area (Å²) in [5.41, 5.74) is -1.46. The van der Waals surface area contributed by atoms with Gasteiger partial charge in [-0.3, -0.25) is 0 Å². The van der Waals surface area contributed by atoms with Gasteiger partial charge in [0, 0.05) is 25.9 Å². The predicted octanol–water partition coefficient (Wildman–Crippen LogP) is 5.62. The van der Waals surface area contributed by atoms with Gasteiger partial charge in [-0.15, -0.1) is 6.58 Å². The van der Waals surface area contributed by atoms with E-state index in [1.807, 2.05) is 13.8 Å². The SMILES string of the molecule is C=C[C@H]1O[C@H]2C[C@H]3O[C@H](CC4COC(C)(C)OC4)C[C@H](OCOC)[C@@H]3O[C@]2(C)CC[C@@H]1O[C@@H]1[C@H](O[Si](C(C)C)(C(C)C)C(C)C)COC(O)[C@]1(C)O. The van der Waals surface area contributed by atoms with Crippen molar-refractivity contribution in [2.75, 3.05) is 33.7 Å². The first-order valence-corrected chi connectivity index (χ1v) is 21.9. The van der Waals surface area contributed by atoms with Crippen LogP contribution < -0.4 is 0 Å². The van der Waals surface area contributed by atoms with E-state index in [0.717, 1.165) is 6.42 Å². The summed E-state index contributed by atoms with van der Waals surface area (Å²) in [6.07, 6.45) is -0.0132. The fraction of sp³-hybridized carbons (Fsp3) is 0.949. The van der Waals surface area contributed by atoms with E-state index in [-0.39, 0.29) is 49.8 Å². The Balaban J connectivity index is 1.35. The number of aliphatic hydroxyl groups excluding tert-OH is 1. The van der Waals surface area contributed by atoms with Crippen molar-refractivity contribution in [3.63, 3.8) is 0 Å². The zero-order valence-corrected chi connectivity index (χ0v) is 34.7. The fourth-order valence-corrected chi connectivity index (χ4v) is 15.2. The molecule has 0 radical (unpaired) electrons. The largest absolute Gasteiger partial charge is 0.408 e. The summed E-state index contributed by atoms with van der Waals surface area (Å²) in [6.45, 7) is 26.5. The minimum atomic E-state index is -2.41. The molecule has 5 heterocycles. The van der Waals surface area contributed by atoms with Crippen LogP contribution in [0.25, 0.3) is 0 Å². The Morgan fingerprint density at radius 2 is 1.56 bits per heavy atom. The maximum atomic E-state index is 11.8. The van der Waals surface area contributed by atoms with Gasteiger partial charge in [0.2, 0.25) is 8.32 Å². The average molecular weight is 759 g/mol. The van der Waals surface area contributed by atoms with Gasteiger partial charge in [-0.25, -0.2) is 0 Å². The van der Waals surface area contributed by atoms with Gasteiger partial charge in [-0.2, -0.15) is 0 Å². The summed E-state index contributed by atoms with van der Waals surface area (Å²) in [7, 11) is -0.787. The van der Waals surface area contributed by atoms with Crippen molar-refractivity contribution in [2.45, 2.75) is 196 Å². The number of ether oxygens (including phenoxy) is 9. The summed E-state index contributed by atoms with van der Waals surface area (Å²) >= 11 is 0. The molecule has 302 valence electrons. The minimum Gasteiger partial charge on any atom is -0.408 e. The van der Waals surface area contributed by atoms with E-state index >= 15 is 0 Å². The maximum Gasteiger partial charge on any atom is 0.201 e. The first-order valence-electron chi connectivity index (χ1n) is 19.7. The zero-order valence-electron chi connectivity index (χ0n) is 33.7. The van der Waals surface area contributed by atoms with Crippen molar-refractivity contribution in [1.82, 2.24) is 0 Å². The number of hydrogen-bond donors (Lipinski definition) is 2. The summed E-state index contributed by atoms with van der Waals surface area (Å²) in [5, 5.41) is 22.7. The van der Waals surface area contributed by atoms with Gasteiger partial charge in [0.15, 0.2) is 12.1 Å². The van der Waals surface area contributed by atoms with Gasteiger partial charge >= 0.3 is 0 Å². The third kappa shape index (κ3) is 8.87. The smallest absolute Gasteiger partial charge is 0.201 e. The van der Waals surface area contributed by atoms with Gasteiger partial charge in [0.05, 0.1) is 62.0 Å². The summed E-state index contributed by atoms with van der Waals surface area (Å²) in [4.78, 5) is 0. The van der Waals surface area contributed by atoms with E-state index in [1.54, 1.807) is 20.1 Å². The standard InChI is InChI=1S/C39H70O12Si/c1-13-28-29(49-35-32(21-43-36(40)39(35,11)41)51-52(23(2)3,24(4)5)25(6)7)14-15-38(10)33(48-28)18-31-34(50-38)30(44-22-42-12)17-27(47-31)16-26-19-45-37(8,9)46-20-26/h13,23-36,40-41H,1,14-22H2,2-12H3/t27-,28-,29+,30+,31-,32-,33+,34+,35-,36?,38-,39-/m1/s1. The van der Waals surface area contributed by atoms with E-state index in [4.69, 9.17) is 47.1 Å². The van der Waals surface area contributed by atoms with Crippen molar-refractivity contribution in [3.05, 3.63) is 12.7 Å². The molecule has 1 unspecified atom stereocenters. The van der Waals surface area contributed by atoms with Crippen LogP contribution in [0.2, 0.25) is 16.6 Å². The Labute approximate surface area is 313 Å². The lowest BCUT2D eigenvalue weighted by molar-refractivity contribution is -0.315. The molecule has 0 bridgehead atoms. The van der Waals surface area contributed by atoms with Gasteiger partial charge in [-0.1, -0.05) is 47.6 Å². The maximum absolute atomic E-state index is 11.8. The molecule has 0 spiro atoms. The van der Waals surface area contributed by atoms with Crippen LogP contribution >= 0.6 is 0 Å². The van der Waals surface area contributed by atoms with Crippen LogP contribution in [0.1, 0.15) is 101 Å². The third-order valence-corrected chi connectivity index (χ3v) is 18.6. The van der Waals surface area contributed by atoms with Gasteiger partial charge in [0.1, 0.15) is 30.7 Å². The molecule has 52 heavy (non-hydrogen) atoms. The fourth-order valence-electron chi connectivity index (χ4n) is 9.69. The molecule has 12 nitrogen and oxygen atoms in total. The lowest BCUT2D eigenvalue weighted by Gasteiger charge is -2.52. The molecule has 5 aliphatic heterocycles. The predicted molar refractivity (Wildman–Crippen MR) is 197 cm³/mol. The number of aliphatic hydroxyl groups is 2. The molecule has 5 saturated heterocycles. The van der Waals surface area contributed by atoms with Crippen LogP contribution in [0.15, 0.2) is 12.7 Å². The van der Waals surface area contributed by atoms with E-state index < -0.39 is 56.0 Å². The monoisotopic (exact) mass is 758 g/mol. The lowest BCUT2D eigenvalue weighted by atomic mass is 9.81. The van der Waals surface area contributed by atoms with Crippen LogP contribution in [0.4, 0.5) is 0 Å². The zero-order chi connectivity index (χ0) is 38.2. The molecule has 13 heteroatoms. The average Bonchev–Trinajstić information content (AvgIpc) is 3.20. The quantitative estimate of drug-likeness (QED) is 0.137. The summed E-state index contributed by atoms with van der Waals surface area (Å²) in [6, 6.07) is 0. The first-order chi connectivity index (χ1) is 24.4. The third-order valence-electron chi connectivity index (χ3n) is 12.5. The highest BCUT2D eigenvalue weighted by Crippen LogP contribution is 2.47. The van der Waals surface area contributed by atoms with E-state index in [1.165, 1.54) is 0 Å². The molecular weight excluding hydrogens is 689 g/mol. The number of rotatable bonds is 13. The molecule has 0 aromatic heterocycles. The van der Waals surface area contributed by atoms with Crippen LogP contribution in [0, 0.1) is 5.92 Å². The Morgan fingerprint density at radius 1 is 0.904 bits per heavy atom. The Kier molecular flexibility index (Phi) is 13.9. The highest BCUT2D eigenvalue weighted by molar-refractivity contribution is 6.77. The number of fused-ring (bicyclic) bond motifs is 2. The van der Waals surface area contributed by atoms with Crippen molar-refractivity contribution in [2.24, 2.45) is 5.92 Å². The number of hydrogen-bond acceptors (Lipinski definition) is 12. The Hall–Kier alpha value is -0.523. The molecule has 5 fully saturated rings. The normalized spacial score (nSPS) is 41.8. The molecule has 5 rings (SSSR count). The molecule has 0 aromatic carbocycles. The molecule has 0 amide bonds. The summed E-state index contributed by atoms with van der Waals surface area (Å²) < 4.78 is 64.0. The molecule has 2 N–H and O–H groups in total. The number of methoxy groups -OCH3 is 1. The van der Waals surface area contributed by atoms with E-state index in [9.17, 15) is 10.2 Å². The summed E-state index contributed by atoms with van der Waals surface area (Å²) in [5.74, 6) is -0.356. The van der Waals surface area contributed by atoms with Crippen LogP contribution in [-0.4, -0.2) is 130 Å². The highest BCUT2D eigenvalue weighted by Gasteiger charge is 2.58. The molecule has 12 atom stereocenters. The van der Waals surface area contributed by atoms with Crippen molar-refractivity contribution in [1.29, 1.82) is 0 Å². The molecular formula is C39H70O12Si. The minimum absolute atomic E-state index is 0.0659. The molecule has 0 saturated carbocycles. The van der Waals surface area contributed by atoms with Gasteiger partial charge < -0.3 is 57.3 Å². The Morgan fingerprint density at radius 3 is 2.15 bits per heavy atom. The van der Waals surface area contributed by atoms with Crippen LogP contribution in [0.5, 0.6) is 0 Å². The van der Waals surface area contributed by atoms with Crippen LogP contribution in [-0.2, 0) is 47.1 Å². The highest BCUT2D eigenvalue weighted by atomic mass is 28.4. The van der Waals surface area contributed by atoms with E-state index in [0.29, 0.717) is 55.5 Å². The Bertz CT molecular complexity index is 1130. The second-order valence-corrected chi connectivity index (χ2v) is 23.1. The molecule has 0 aliphatic carbocycles. The van der Waals surface area contributed by atoms with Crippen molar-refractivity contribution in [3.8, 4) is 0 Å². The first kappa shape index (κ1) is 42.6. The van der Waals surface area contributed by atoms with Crippen LogP contribution in [0.3, 0.4) is 0 Å². The van der Waals surface area contributed by atoms with Crippen molar-refractivity contribution < 1.29 is 57.3 Å². The van der Waals surface area contributed by atoms with E-state index in [2.05, 4.69) is 55.0 Å². The second kappa shape index (κ2) is 16.9. The van der Waals surface area contributed by atoms with Crippen molar-refractivity contribution >= 4 is 8.32 Å². The molecule has 0 aromatic rings.